The highest BCUT2D eigenvalue weighted by atomic mass is 16.5. The lowest BCUT2D eigenvalue weighted by atomic mass is 9.95. The molecule has 2 aliphatic rings. The summed E-state index contributed by atoms with van der Waals surface area (Å²) < 4.78 is 5.07. The maximum Gasteiger partial charge on any atom is 0.227 e. The van der Waals surface area contributed by atoms with Gasteiger partial charge < -0.3 is 14.5 Å². The monoisotopic (exact) mass is 360 g/mol. The number of aromatic nitrogens is 1. The molecule has 0 radical (unpaired) electrons. The molecule has 0 spiro atoms. The summed E-state index contributed by atoms with van der Waals surface area (Å²) in [5, 5.41) is 0. The highest BCUT2D eigenvalue weighted by Gasteiger charge is 2.33. The smallest absolute Gasteiger partial charge is 0.227 e. The highest BCUT2D eigenvalue weighted by Crippen LogP contribution is 2.21. The average molecular weight is 360 g/mol. The molecule has 1 unspecified atom stereocenters. The molecule has 0 bridgehead atoms. The molecule has 0 saturated carbocycles. The largest absolute Gasteiger partial charge is 0.383 e. The topological polar surface area (TPSA) is 66.0 Å². The third-order valence-electron chi connectivity index (χ3n) is 5.23. The Kier molecular flexibility index (Phi) is 6.57. The van der Waals surface area contributed by atoms with Crippen molar-refractivity contribution in [2.24, 2.45) is 5.92 Å². The van der Waals surface area contributed by atoms with Crippen LogP contribution in [0.5, 0.6) is 0 Å². The van der Waals surface area contributed by atoms with Crippen LogP contribution in [0.25, 0.3) is 0 Å². The van der Waals surface area contributed by atoms with Gasteiger partial charge in [-0.25, -0.2) is 0 Å². The molecule has 7 nitrogen and oxygen atoms in total. The minimum atomic E-state index is -0.0746. The zero-order chi connectivity index (χ0) is 18.4. The molecule has 3 heterocycles. The first-order valence-electron chi connectivity index (χ1n) is 9.34. The number of likely N-dealkylation sites (tertiary alicyclic amines) is 1. The van der Waals surface area contributed by atoms with E-state index >= 15 is 0 Å². The molecule has 2 saturated heterocycles. The van der Waals surface area contributed by atoms with Crippen molar-refractivity contribution in [3.05, 3.63) is 30.1 Å². The lowest BCUT2D eigenvalue weighted by molar-refractivity contribution is -0.144. The summed E-state index contributed by atoms with van der Waals surface area (Å²) in [6, 6.07) is 4.03. The molecule has 0 N–H and O–H groups in total. The number of rotatable bonds is 6. The summed E-state index contributed by atoms with van der Waals surface area (Å²) in [4.78, 5) is 35.1. The number of amides is 2. The minimum Gasteiger partial charge on any atom is -0.383 e. The van der Waals surface area contributed by atoms with E-state index in [9.17, 15) is 9.59 Å². The van der Waals surface area contributed by atoms with Crippen LogP contribution >= 0.6 is 0 Å². The molecule has 7 heteroatoms. The Morgan fingerprint density at radius 1 is 1.31 bits per heavy atom. The van der Waals surface area contributed by atoms with E-state index in [2.05, 4.69) is 16.0 Å². The third-order valence-corrected chi connectivity index (χ3v) is 5.23. The van der Waals surface area contributed by atoms with E-state index in [0.29, 0.717) is 32.5 Å². The summed E-state index contributed by atoms with van der Waals surface area (Å²) in [6.07, 6.45) is 4.80. The Labute approximate surface area is 154 Å². The predicted molar refractivity (Wildman–Crippen MR) is 97.3 cm³/mol. The third kappa shape index (κ3) is 4.80. The highest BCUT2D eigenvalue weighted by molar-refractivity contribution is 5.84. The molecular weight excluding hydrogens is 332 g/mol. The Hall–Kier alpha value is -1.99. The van der Waals surface area contributed by atoms with E-state index in [1.165, 1.54) is 5.56 Å². The van der Waals surface area contributed by atoms with Gasteiger partial charge in [0.1, 0.15) is 0 Å². The van der Waals surface area contributed by atoms with Crippen LogP contribution < -0.4 is 0 Å². The SMILES string of the molecule is COCCN1CC(C(=O)N2CCN(Cc3cccnc3)CC2)CCC1=O. The molecular formula is C19H28N4O3. The Morgan fingerprint density at radius 3 is 2.81 bits per heavy atom. The number of piperidine rings is 1. The van der Waals surface area contributed by atoms with Gasteiger partial charge >= 0.3 is 0 Å². The summed E-state index contributed by atoms with van der Waals surface area (Å²) in [5.74, 6) is 0.253. The number of nitrogens with zero attached hydrogens (tertiary/aromatic N) is 4. The fraction of sp³-hybridized carbons (Fsp3) is 0.632. The first-order valence-corrected chi connectivity index (χ1v) is 9.34. The second-order valence-corrected chi connectivity index (χ2v) is 7.03. The molecule has 0 aromatic carbocycles. The maximum absolute atomic E-state index is 12.9. The van der Waals surface area contributed by atoms with Crippen molar-refractivity contribution in [3.8, 4) is 0 Å². The standard InChI is InChI=1S/C19H28N4O3/c1-26-12-11-23-15-17(4-5-18(23)24)19(25)22-9-7-21(8-10-22)14-16-3-2-6-20-13-16/h2-3,6,13,17H,4-5,7-12,14-15H2,1H3. The Bertz CT molecular complexity index is 602. The van der Waals surface area contributed by atoms with Gasteiger partial charge in [0.25, 0.3) is 0 Å². The number of piperazine rings is 1. The minimum absolute atomic E-state index is 0.0746. The van der Waals surface area contributed by atoms with Gasteiger partial charge in [-0.1, -0.05) is 6.07 Å². The van der Waals surface area contributed by atoms with Crippen molar-refractivity contribution >= 4 is 11.8 Å². The maximum atomic E-state index is 12.9. The van der Waals surface area contributed by atoms with Crippen molar-refractivity contribution in [1.82, 2.24) is 19.7 Å². The Balaban J connectivity index is 1.48. The van der Waals surface area contributed by atoms with Gasteiger partial charge in [0.2, 0.25) is 11.8 Å². The van der Waals surface area contributed by atoms with E-state index in [1.807, 2.05) is 17.2 Å². The van der Waals surface area contributed by atoms with Crippen LogP contribution in [0.2, 0.25) is 0 Å². The van der Waals surface area contributed by atoms with Gasteiger partial charge in [-0.05, 0) is 18.1 Å². The van der Waals surface area contributed by atoms with Gasteiger partial charge in [-0.2, -0.15) is 0 Å². The normalized spacial score (nSPS) is 21.9. The van der Waals surface area contributed by atoms with Crippen LogP contribution in [0.1, 0.15) is 18.4 Å². The molecule has 3 rings (SSSR count). The molecule has 1 aromatic heterocycles. The van der Waals surface area contributed by atoms with E-state index in [-0.39, 0.29) is 17.7 Å². The summed E-state index contributed by atoms with van der Waals surface area (Å²) in [5.41, 5.74) is 1.20. The van der Waals surface area contributed by atoms with E-state index in [1.54, 1.807) is 18.2 Å². The quantitative estimate of drug-likeness (QED) is 0.744. The molecule has 2 amide bonds. The van der Waals surface area contributed by atoms with E-state index < -0.39 is 0 Å². The summed E-state index contributed by atoms with van der Waals surface area (Å²) in [6.45, 7) is 5.73. The van der Waals surface area contributed by atoms with Crippen LogP contribution in [0.4, 0.5) is 0 Å². The fourth-order valence-corrected chi connectivity index (χ4v) is 3.67. The lowest BCUT2D eigenvalue weighted by Gasteiger charge is -2.39. The first kappa shape index (κ1) is 18.8. The number of methoxy groups -OCH3 is 1. The van der Waals surface area contributed by atoms with Crippen LogP contribution in [-0.2, 0) is 20.9 Å². The second kappa shape index (κ2) is 9.09. The van der Waals surface area contributed by atoms with Crippen LogP contribution in [-0.4, -0.2) is 84.5 Å². The fourth-order valence-electron chi connectivity index (χ4n) is 3.67. The summed E-state index contributed by atoms with van der Waals surface area (Å²) >= 11 is 0. The molecule has 1 aromatic rings. The van der Waals surface area contributed by atoms with Gasteiger partial charge in [0, 0.05) is 71.7 Å². The van der Waals surface area contributed by atoms with Crippen molar-refractivity contribution < 1.29 is 14.3 Å². The van der Waals surface area contributed by atoms with Gasteiger partial charge in [0.15, 0.2) is 0 Å². The number of hydrogen-bond acceptors (Lipinski definition) is 5. The van der Waals surface area contributed by atoms with Crippen LogP contribution in [0.3, 0.4) is 0 Å². The molecule has 1 atom stereocenters. The number of pyridine rings is 1. The van der Waals surface area contributed by atoms with Crippen molar-refractivity contribution in [2.75, 3.05) is 53.0 Å². The van der Waals surface area contributed by atoms with Crippen molar-refractivity contribution in [3.63, 3.8) is 0 Å². The summed E-state index contributed by atoms with van der Waals surface area (Å²) in [7, 11) is 1.63. The van der Waals surface area contributed by atoms with Gasteiger partial charge in [-0.15, -0.1) is 0 Å². The zero-order valence-corrected chi connectivity index (χ0v) is 15.5. The molecule has 2 fully saturated rings. The molecule has 142 valence electrons. The molecule has 26 heavy (non-hydrogen) atoms. The first-order chi connectivity index (χ1) is 12.7. The molecule has 0 aliphatic carbocycles. The van der Waals surface area contributed by atoms with Crippen LogP contribution in [0, 0.1) is 5.92 Å². The number of ether oxygens (including phenoxy) is 1. The number of carbonyl (C=O) groups excluding carboxylic acids is 2. The van der Waals surface area contributed by atoms with Gasteiger partial charge in [-0.3, -0.25) is 19.5 Å². The zero-order valence-electron chi connectivity index (χ0n) is 15.5. The van der Waals surface area contributed by atoms with Crippen molar-refractivity contribution in [1.29, 1.82) is 0 Å². The van der Waals surface area contributed by atoms with Crippen LogP contribution in [0.15, 0.2) is 24.5 Å². The van der Waals surface area contributed by atoms with E-state index in [4.69, 9.17) is 4.74 Å². The lowest BCUT2D eigenvalue weighted by Crippen LogP contribution is -2.53. The second-order valence-electron chi connectivity index (χ2n) is 7.03. The van der Waals surface area contributed by atoms with Gasteiger partial charge in [0.05, 0.1) is 12.5 Å². The number of hydrogen-bond donors (Lipinski definition) is 0. The van der Waals surface area contributed by atoms with E-state index in [0.717, 1.165) is 32.7 Å². The predicted octanol–water partition coefficient (Wildman–Crippen LogP) is 0.611. The average Bonchev–Trinajstić information content (AvgIpc) is 2.68. The molecule has 2 aliphatic heterocycles. The Morgan fingerprint density at radius 2 is 2.12 bits per heavy atom. The van der Waals surface area contributed by atoms with Crippen molar-refractivity contribution in [2.45, 2.75) is 19.4 Å². The number of carbonyl (C=O) groups is 2.